The molecule has 1 aliphatic rings. The van der Waals surface area contributed by atoms with E-state index in [2.05, 4.69) is 10.3 Å². The number of nitrogens with one attached hydrogen (secondary N) is 1. The van der Waals surface area contributed by atoms with Gasteiger partial charge < -0.3 is 10.2 Å². The minimum absolute atomic E-state index is 0.153. The molecule has 26 heavy (non-hydrogen) atoms. The molecule has 0 saturated carbocycles. The van der Waals surface area contributed by atoms with Crippen LogP contribution < -0.4 is 5.32 Å². The second kappa shape index (κ2) is 7.23. The Balaban J connectivity index is 1.86. The topological polar surface area (TPSA) is 74.7 Å². The van der Waals surface area contributed by atoms with Crippen LogP contribution in [0.4, 0.5) is 0 Å². The van der Waals surface area contributed by atoms with Gasteiger partial charge >= 0.3 is 0 Å². The summed E-state index contributed by atoms with van der Waals surface area (Å²) in [7, 11) is -3.07. The van der Waals surface area contributed by atoms with Crippen LogP contribution in [0, 0.1) is 0 Å². The van der Waals surface area contributed by atoms with Gasteiger partial charge in [-0.2, -0.15) is 0 Å². The summed E-state index contributed by atoms with van der Waals surface area (Å²) in [5, 5.41) is 4.39. The maximum Gasteiger partial charge on any atom is 0.194 e. The van der Waals surface area contributed by atoms with E-state index in [1.807, 2.05) is 42.2 Å². The fourth-order valence-electron chi connectivity index (χ4n) is 3.21. The number of para-hydroxylation sites is 1. The summed E-state index contributed by atoms with van der Waals surface area (Å²) in [6, 6.07) is 10.1. The standard InChI is InChI=1S/C19H26N4O2S/c1-4-20-18(23-11-12-26(24,25)19(2,3)14-23)22-13-16-8-5-7-15-9-6-10-21-17(15)16/h5-10H,4,11-14H2,1-3H3,(H,20,22). The molecule has 1 aromatic heterocycles. The molecular weight excluding hydrogens is 348 g/mol. The van der Waals surface area contributed by atoms with Gasteiger partial charge in [0.05, 0.1) is 22.6 Å². The number of benzene rings is 1. The van der Waals surface area contributed by atoms with Crippen LogP contribution in [-0.2, 0) is 16.4 Å². The highest BCUT2D eigenvalue weighted by molar-refractivity contribution is 7.92. The number of guanidine groups is 1. The summed E-state index contributed by atoms with van der Waals surface area (Å²) in [6.45, 7) is 7.72. The normalized spacial score (nSPS) is 19.5. The molecule has 2 heterocycles. The highest BCUT2D eigenvalue weighted by atomic mass is 32.2. The summed E-state index contributed by atoms with van der Waals surface area (Å²) in [5.41, 5.74) is 2.01. The zero-order valence-electron chi connectivity index (χ0n) is 15.6. The Kier molecular flexibility index (Phi) is 5.18. The lowest BCUT2D eigenvalue weighted by Crippen LogP contribution is -2.57. The van der Waals surface area contributed by atoms with Crippen LogP contribution >= 0.6 is 0 Å². The highest BCUT2D eigenvalue weighted by Gasteiger charge is 2.40. The maximum absolute atomic E-state index is 12.3. The van der Waals surface area contributed by atoms with Gasteiger partial charge in [-0.05, 0) is 32.4 Å². The third kappa shape index (κ3) is 3.67. The molecule has 7 heteroatoms. The van der Waals surface area contributed by atoms with E-state index in [0.29, 0.717) is 19.6 Å². The van der Waals surface area contributed by atoms with Crippen molar-refractivity contribution >= 4 is 26.7 Å². The molecule has 0 atom stereocenters. The first-order valence-electron chi connectivity index (χ1n) is 8.92. The van der Waals surface area contributed by atoms with E-state index in [9.17, 15) is 8.42 Å². The van der Waals surface area contributed by atoms with Gasteiger partial charge in [0.15, 0.2) is 15.8 Å². The smallest absolute Gasteiger partial charge is 0.194 e. The van der Waals surface area contributed by atoms with Gasteiger partial charge in [-0.15, -0.1) is 0 Å². The lowest BCUT2D eigenvalue weighted by molar-refractivity contribution is 0.353. The van der Waals surface area contributed by atoms with E-state index in [1.54, 1.807) is 20.0 Å². The van der Waals surface area contributed by atoms with E-state index in [1.165, 1.54) is 0 Å². The minimum Gasteiger partial charge on any atom is -0.357 e. The Morgan fingerprint density at radius 1 is 1.31 bits per heavy atom. The number of hydrogen-bond donors (Lipinski definition) is 1. The lowest BCUT2D eigenvalue weighted by atomic mass is 10.1. The molecule has 3 rings (SSSR count). The predicted octanol–water partition coefficient (Wildman–Crippen LogP) is 2.21. The number of fused-ring (bicyclic) bond motifs is 1. The zero-order valence-corrected chi connectivity index (χ0v) is 16.4. The van der Waals surface area contributed by atoms with Gasteiger partial charge in [0.2, 0.25) is 0 Å². The quantitative estimate of drug-likeness (QED) is 0.659. The molecule has 1 aromatic carbocycles. The Morgan fingerprint density at radius 3 is 2.81 bits per heavy atom. The second-order valence-electron chi connectivity index (χ2n) is 7.16. The molecule has 0 bridgehead atoms. The van der Waals surface area contributed by atoms with Gasteiger partial charge in [0.25, 0.3) is 0 Å². The minimum atomic E-state index is -3.07. The summed E-state index contributed by atoms with van der Waals surface area (Å²) in [4.78, 5) is 11.3. The molecule has 2 aromatic rings. The Bertz CT molecular complexity index is 917. The van der Waals surface area contributed by atoms with Crippen LogP contribution in [0.15, 0.2) is 41.5 Å². The van der Waals surface area contributed by atoms with Crippen molar-refractivity contribution in [3.05, 3.63) is 42.1 Å². The second-order valence-corrected chi connectivity index (χ2v) is 9.91. The first kappa shape index (κ1) is 18.6. The Hall–Kier alpha value is -2.15. The van der Waals surface area contributed by atoms with Crippen LogP contribution in [0.1, 0.15) is 26.3 Å². The molecule has 1 N–H and O–H groups in total. The number of hydrogen-bond acceptors (Lipinski definition) is 4. The first-order chi connectivity index (χ1) is 12.3. The average molecular weight is 375 g/mol. The summed E-state index contributed by atoms with van der Waals surface area (Å²) in [6.07, 6.45) is 1.79. The molecule has 140 valence electrons. The van der Waals surface area contributed by atoms with E-state index in [4.69, 9.17) is 4.99 Å². The molecule has 0 amide bonds. The van der Waals surface area contributed by atoms with Gasteiger partial charge in [0.1, 0.15) is 0 Å². The maximum atomic E-state index is 12.3. The number of rotatable bonds is 3. The van der Waals surface area contributed by atoms with Crippen LogP contribution in [-0.4, -0.2) is 54.4 Å². The fraction of sp³-hybridized carbons (Fsp3) is 0.474. The Labute approximate surface area is 155 Å². The number of nitrogens with zero attached hydrogens (tertiary/aromatic N) is 3. The van der Waals surface area contributed by atoms with E-state index >= 15 is 0 Å². The number of aliphatic imine (C=N–C) groups is 1. The molecule has 6 nitrogen and oxygen atoms in total. The zero-order chi connectivity index (χ0) is 18.8. The van der Waals surface area contributed by atoms with E-state index in [-0.39, 0.29) is 5.75 Å². The van der Waals surface area contributed by atoms with Gasteiger partial charge in [0, 0.05) is 31.2 Å². The first-order valence-corrected chi connectivity index (χ1v) is 10.6. The van der Waals surface area contributed by atoms with Crippen molar-refractivity contribution in [1.82, 2.24) is 15.2 Å². The number of sulfone groups is 1. The van der Waals surface area contributed by atoms with Crippen molar-refractivity contribution in [2.45, 2.75) is 32.1 Å². The number of aromatic nitrogens is 1. The molecule has 0 spiro atoms. The lowest BCUT2D eigenvalue weighted by Gasteiger charge is -2.39. The number of pyridine rings is 1. The van der Waals surface area contributed by atoms with Crippen molar-refractivity contribution < 1.29 is 8.42 Å². The van der Waals surface area contributed by atoms with Gasteiger partial charge in [-0.1, -0.05) is 24.3 Å². The molecular formula is C19H26N4O2S. The fourth-order valence-corrected chi connectivity index (χ4v) is 4.57. The monoisotopic (exact) mass is 374 g/mol. The van der Waals surface area contributed by atoms with Crippen LogP contribution in [0.25, 0.3) is 10.9 Å². The van der Waals surface area contributed by atoms with Crippen molar-refractivity contribution in [2.75, 3.05) is 25.4 Å². The molecule has 0 aliphatic carbocycles. The van der Waals surface area contributed by atoms with Crippen LogP contribution in [0.2, 0.25) is 0 Å². The summed E-state index contributed by atoms with van der Waals surface area (Å²) in [5.74, 6) is 0.906. The van der Waals surface area contributed by atoms with Gasteiger partial charge in [-0.25, -0.2) is 13.4 Å². The molecule has 1 fully saturated rings. The molecule has 1 aliphatic heterocycles. The third-order valence-corrected chi connectivity index (χ3v) is 7.33. The Morgan fingerprint density at radius 2 is 2.08 bits per heavy atom. The van der Waals surface area contributed by atoms with Gasteiger partial charge in [-0.3, -0.25) is 4.98 Å². The van der Waals surface area contributed by atoms with Crippen molar-refractivity contribution in [3.8, 4) is 0 Å². The summed E-state index contributed by atoms with van der Waals surface area (Å²) < 4.78 is 23.7. The van der Waals surface area contributed by atoms with Crippen molar-refractivity contribution in [3.63, 3.8) is 0 Å². The summed E-state index contributed by atoms with van der Waals surface area (Å²) >= 11 is 0. The van der Waals surface area contributed by atoms with Crippen LogP contribution in [0.3, 0.4) is 0 Å². The molecule has 0 unspecified atom stereocenters. The van der Waals surface area contributed by atoms with E-state index in [0.717, 1.165) is 29.0 Å². The SMILES string of the molecule is CCNC(=NCc1cccc2cccnc12)N1CCS(=O)(=O)C(C)(C)C1. The third-order valence-electron chi connectivity index (χ3n) is 4.79. The predicted molar refractivity (Wildman–Crippen MR) is 106 cm³/mol. The van der Waals surface area contributed by atoms with Crippen LogP contribution in [0.5, 0.6) is 0 Å². The molecule has 1 saturated heterocycles. The van der Waals surface area contributed by atoms with E-state index < -0.39 is 14.6 Å². The van der Waals surface area contributed by atoms with Crippen molar-refractivity contribution in [2.24, 2.45) is 4.99 Å². The van der Waals surface area contributed by atoms with Crippen molar-refractivity contribution in [1.29, 1.82) is 0 Å². The average Bonchev–Trinajstić information content (AvgIpc) is 2.61. The molecule has 0 radical (unpaired) electrons. The highest BCUT2D eigenvalue weighted by Crippen LogP contribution is 2.24. The largest absolute Gasteiger partial charge is 0.357 e.